The van der Waals surface area contributed by atoms with Crippen LogP contribution in [0.5, 0.6) is 34.5 Å². The summed E-state index contributed by atoms with van der Waals surface area (Å²) in [6, 6.07) is 25.6. The first kappa shape index (κ1) is 95.3. The van der Waals surface area contributed by atoms with Crippen molar-refractivity contribution in [3.05, 3.63) is 285 Å². The Labute approximate surface area is 721 Å². The Balaban J connectivity index is 0.000000177. The molecule has 0 amide bonds. The lowest BCUT2D eigenvalue weighted by Crippen LogP contribution is -2.40. The third-order valence-electron chi connectivity index (χ3n) is 20.7. The molecule has 3 aromatic carbocycles. The summed E-state index contributed by atoms with van der Waals surface area (Å²) >= 11 is 0. The van der Waals surface area contributed by atoms with Crippen LogP contribution in [0, 0.1) is 25.6 Å². The third-order valence-corrected chi connectivity index (χ3v) is 20.7. The Hall–Kier alpha value is -12.9. The van der Waals surface area contributed by atoms with Crippen LogP contribution in [0.1, 0.15) is 155 Å². The molecular weight excluding hydrogens is 1630 g/mol. The van der Waals surface area contributed by atoms with Gasteiger partial charge in [0.15, 0.2) is 0 Å². The zero-order chi connectivity index (χ0) is 91.7. The summed E-state index contributed by atoms with van der Waals surface area (Å²) in [5.41, 5.74) is 3.68. The molecule has 0 saturated carbocycles. The number of pyridine rings is 6. The molecule has 0 aliphatic carbocycles. The quantitative estimate of drug-likeness (QED) is 0.0304. The van der Waals surface area contributed by atoms with Crippen LogP contribution in [0.15, 0.2) is 173 Å². The molecule has 4 N–H and O–H groups in total. The highest BCUT2D eigenvalue weighted by atomic mass is 19.4. The predicted octanol–water partition coefficient (Wildman–Crippen LogP) is 11.1. The fourth-order valence-electron chi connectivity index (χ4n) is 14.3. The number of aliphatic hydroxyl groups excluding tert-OH is 4. The zero-order valence-corrected chi connectivity index (χ0v) is 73.0. The van der Waals surface area contributed by atoms with E-state index >= 15 is 0 Å². The van der Waals surface area contributed by atoms with Crippen LogP contribution in [-0.4, -0.2) is 126 Å². The summed E-state index contributed by atoms with van der Waals surface area (Å²) in [6.45, 7) is 19.7. The van der Waals surface area contributed by atoms with E-state index in [0.717, 1.165) is 65.8 Å². The monoisotopic (exact) mass is 1740 g/mol. The Morgan fingerprint density at radius 3 is 1.16 bits per heavy atom. The lowest BCUT2D eigenvalue weighted by atomic mass is 10.0. The normalized spacial score (nSPS) is 11.5. The number of aliphatic hydroxyl groups is 4. The molecule has 668 valence electrons. The molecule has 10 aromatic heterocycles. The van der Waals surface area contributed by atoms with Crippen LogP contribution in [-0.2, 0) is 86.2 Å². The highest BCUT2D eigenvalue weighted by Crippen LogP contribution is 2.37. The maximum atomic E-state index is 13.6. The van der Waals surface area contributed by atoms with Crippen molar-refractivity contribution < 1.29 is 56.9 Å². The molecule has 0 saturated heterocycles. The summed E-state index contributed by atoms with van der Waals surface area (Å²) in [5.74, 6) is 3.03. The van der Waals surface area contributed by atoms with Crippen LogP contribution in [0.4, 0.5) is 17.6 Å². The van der Waals surface area contributed by atoms with Gasteiger partial charge in [-0.15, -0.1) is 0 Å². The second kappa shape index (κ2) is 42.6. The van der Waals surface area contributed by atoms with Gasteiger partial charge in [-0.1, -0.05) is 93.9 Å². The van der Waals surface area contributed by atoms with E-state index in [-0.39, 0.29) is 136 Å². The van der Waals surface area contributed by atoms with Crippen LogP contribution < -0.4 is 63.9 Å². The number of fused-ring (bicyclic) bond motifs is 4. The molecule has 0 fully saturated rings. The number of para-hydroxylation sites is 1. The standard InChI is InChI=1S/C27H28FN3O4.C24H22F3N5O4.C22H27N3O4.C19H29N3O4/c1-17(2)20-7-4-5-8-22(20)35-23-16-29-25-24(21(23)15-18-9-11-19(28)12-10-18)26(33)31(13-6-14-32)27(34)30(25)3;1-14-8-16(12-28-10-14)36-18-13-30-21-20(22(34)32(6-3-7-33)23(35)31(21)2)17(18)9-15-4-5-19(29-11-15)24(25,26)27;1-14(2)29-18-13-23-20-19(17(18)12-16-8-6-15(3)7-9-16)21(27)25(10-5-11-26)22(28)24(20)4;1-12(2)7-8-14-15(26-13(3)4)11-20-17-16(14)18(24)22(9-6-10-23)19(25)21(17)5/h4-5,7-12,16-17,32H,6,13-15H2,1-3H3;4-5,8,10-13,33H,3,6-7,9H2,1-2H3;6-9,13-14,26H,5,10-12H2,1-4H3;11-13,23H,6-10H2,1-5H3. The van der Waals surface area contributed by atoms with Crippen molar-refractivity contribution in [1.82, 2.24) is 66.4 Å². The Morgan fingerprint density at radius 2 is 0.778 bits per heavy atom. The maximum Gasteiger partial charge on any atom is 0.433 e. The average molecular weight is 1740 g/mol. The Morgan fingerprint density at radius 1 is 0.405 bits per heavy atom. The maximum absolute atomic E-state index is 13.6. The summed E-state index contributed by atoms with van der Waals surface area (Å²) in [7, 11) is 6.23. The van der Waals surface area contributed by atoms with Gasteiger partial charge >= 0.3 is 28.9 Å². The van der Waals surface area contributed by atoms with E-state index in [1.807, 2.05) is 90.1 Å². The van der Waals surface area contributed by atoms with E-state index in [1.54, 1.807) is 57.9 Å². The highest BCUT2D eigenvalue weighted by molar-refractivity contribution is 5.84. The molecule has 13 aromatic rings. The van der Waals surface area contributed by atoms with E-state index in [4.69, 9.17) is 29.2 Å². The predicted molar refractivity (Wildman–Crippen MR) is 471 cm³/mol. The highest BCUT2D eigenvalue weighted by Gasteiger charge is 2.33. The lowest BCUT2D eigenvalue weighted by Gasteiger charge is -2.18. The molecule has 0 unspecified atom stereocenters. The van der Waals surface area contributed by atoms with E-state index in [9.17, 15) is 66.1 Å². The van der Waals surface area contributed by atoms with Gasteiger partial charge in [0, 0.05) is 135 Å². The first-order valence-electron chi connectivity index (χ1n) is 41.4. The van der Waals surface area contributed by atoms with E-state index in [1.165, 1.54) is 66.7 Å². The number of hydrogen-bond donors (Lipinski definition) is 4. The number of benzene rings is 3. The minimum Gasteiger partial charge on any atom is -0.489 e. The SMILES string of the molecule is CC(C)CCc1c(OC(C)C)cnc2c1c(=O)n(CCCO)c(=O)n2C.CC(C)c1ccccc1Oc1cnc2c(c1Cc1ccc(F)cc1)c(=O)n(CCCO)c(=O)n2C.Cc1ccc(Cc2c(OC(C)C)cnc3c2c(=O)n(CCCO)c(=O)n3C)cc1.Cc1cncc(Oc2cnc3c(c2Cc2ccc(C(F)(F)F)nc2)c(=O)n(CCCO)c(=O)n3C)c1. The minimum absolute atomic E-state index is 0.0216. The lowest BCUT2D eigenvalue weighted by molar-refractivity contribution is -0.141. The molecule has 0 aliphatic heterocycles. The molecule has 34 heteroatoms. The average Bonchev–Trinajstić information content (AvgIpc) is 0.748. The number of aromatic nitrogens is 14. The van der Waals surface area contributed by atoms with Gasteiger partial charge in [-0.3, -0.25) is 65.7 Å². The molecule has 10 heterocycles. The van der Waals surface area contributed by atoms with Gasteiger partial charge in [0.1, 0.15) is 68.6 Å². The van der Waals surface area contributed by atoms with Gasteiger partial charge < -0.3 is 39.4 Å². The number of ether oxygens (including phenoxy) is 4. The van der Waals surface area contributed by atoms with Crippen molar-refractivity contribution in [3.8, 4) is 34.5 Å². The van der Waals surface area contributed by atoms with Gasteiger partial charge in [0.25, 0.3) is 22.2 Å². The van der Waals surface area contributed by atoms with Gasteiger partial charge in [0.05, 0.1) is 64.7 Å². The summed E-state index contributed by atoms with van der Waals surface area (Å²) in [5, 5.41) is 37.8. The molecule has 0 spiro atoms. The summed E-state index contributed by atoms with van der Waals surface area (Å²) in [4.78, 5) is 129. The number of halogens is 4. The van der Waals surface area contributed by atoms with Crippen LogP contribution in [0.2, 0.25) is 0 Å². The zero-order valence-electron chi connectivity index (χ0n) is 73.0. The minimum atomic E-state index is -4.59. The van der Waals surface area contributed by atoms with Crippen molar-refractivity contribution in [3.63, 3.8) is 0 Å². The van der Waals surface area contributed by atoms with E-state index < -0.39 is 51.3 Å². The first-order chi connectivity index (χ1) is 60.0. The van der Waals surface area contributed by atoms with Crippen LogP contribution >= 0.6 is 0 Å². The second-order valence-corrected chi connectivity index (χ2v) is 31.8. The first-order valence-corrected chi connectivity index (χ1v) is 41.4. The summed E-state index contributed by atoms with van der Waals surface area (Å²) < 4.78 is 86.4. The largest absolute Gasteiger partial charge is 0.489 e. The van der Waals surface area contributed by atoms with Crippen LogP contribution in [0.3, 0.4) is 0 Å². The molecule has 0 aliphatic rings. The fourth-order valence-corrected chi connectivity index (χ4v) is 14.3. The van der Waals surface area contributed by atoms with Gasteiger partial charge in [-0.05, 0) is 150 Å². The van der Waals surface area contributed by atoms with Crippen LogP contribution in [0.25, 0.3) is 44.1 Å². The smallest absolute Gasteiger partial charge is 0.433 e. The van der Waals surface area contributed by atoms with E-state index in [0.29, 0.717) is 105 Å². The molecule has 0 atom stereocenters. The van der Waals surface area contributed by atoms with Crippen molar-refractivity contribution in [2.24, 2.45) is 34.1 Å². The Bertz CT molecular complexity index is 6570. The number of aryl methyl sites for hydroxylation is 7. The van der Waals surface area contributed by atoms with Crippen molar-refractivity contribution in [2.75, 3.05) is 26.4 Å². The number of alkyl halides is 3. The van der Waals surface area contributed by atoms with Gasteiger partial charge in [-0.25, -0.2) is 43.5 Å². The number of nitrogens with zero attached hydrogens (tertiary/aromatic N) is 14. The topological polar surface area (TPSA) is 371 Å². The van der Waals surface area contributed by atoms with Gasteiger partial charge in [0.2, 0.25) is 0 Å². The second-order valence-electron chi connectivity index (χ2n) is 31.8. The number of rotatable bonds is 30. The number of hydrogen-bond acceptors (Lipinski definition) is 22. The Kier molecular flexibility index (Phi) is 32.3. The third kappa shape index (κ3) is 22.4. The van der Waals surface area contributed by atoms with E-state index in [2.05, 4.69) is 57.6 Å². The molecule has 13 rings (SSSR count). The van der Waals surface area contributed by atoms with Crippen molar-refractivity contribution >= 4 is 44.1 Å². The van der Waals surface area contributed by atoms with Crippen molar-refractivity contribution in [1.29, 1.82) is 0 Å². The fraction of sp³-hybridized carbons (Fsp3) is 0.391. The van der Waals surface area contributed by atoms with Crippen molar-refractivity contribution in [2.45, 2.75) is 178 Å². The molecule has 30 nitrogen and oxygen atoms in total. The van der Waals surface area contributed by atoms with Gasteiger partial charge in [-0.2, -0.15) is 13.2 Å². The molecule has 126 heavy (non-hydrogen) atoms. The molecular formula is C92H106F4N14O16. The molecule has 0 bridgehead atoms. The summed E-state index contributed by atoms with van der Waals surface area (Å²) in [6.07, 6.45) is 8.94. The molecule has 0 radical (unpaired) electrons.